The molecule has 4 nitrogen and oxygen atoms in total. The van der Waals surface area contributed by atoms with Crippen LogP contribution < -0.4 is 0 Å². The average molecular weight is 176 g/mol. The van der Waals surface area contributed by atoms with Crippen molar-refractivity contribution in [3.63, 3.8) is 0 Å². The topological polar surface area (TPSA) is 66.8 Å². The van der Waals surface area contributed by atoms with Crippen molar-refractivity contribution in [2.45, 2.75) is 32.3 Å². The summed E-state index contributed by atoms with van der Waals surface area (Å²) in [7, 11) is 0. The third-order valence-electron chi connectivity index (χ3n) is 1.29. The van der Waals surface area contributed by atoms with Crippen molar-refractivity contribution >= 4 is 5.97 Å². The Hall–Kier alpha value is -0.610. The highest BCUT2D eigenvalue weighted by Crippen LogP contribution is 1.96. The second-order valence-electron chi connectivity index (χ2n) is 2.77. The highest BCUT2D eigenvalue weighted by molar-refractivity contribution is 5.66. The summed E-state index contributed by atoms with van der Waals surface area (Å²) in [6.45, 7) is 2.50. The molecule has 4 heteroatoms. The van der Waals surface area contributed by atoms with Crippen LogP contribution in [0.1, 0.15) is 26.2 Å². The lowest BCUT2D eigenvalue weighted by atomic mass is 10.2. The van der Waals surface area contributed by atoms with Crippen molar-refractivity contribution in [1.82, 2.24) is 0 Å². The fourth-order valence-corrected chi connectivity index (χ4v) is 0.734. The molecular weight excluding hydrogens is 160 g/mol. The van der Waals surface area contributed by atoms with Gasteiger partial charge in [-0.25, -0.2) is 0 Å². The molecule has 2 N–H and O–H groups in total. The number of ether oxygens (including phenoxy) is 1. The predicted octanol–water partition coefficient (Wildman–Crippen LogP) is 0.639. The van der Waals surface area contributed by atoms with Gasteiger partial charge < -0.3 is 14.9 Å². The lowest BCUT2D eigenvalue weighted by Gasteiger charge is -2.04. The molecule has 0 heterocycles. The molecule has 0 aliphatic carbocycles. The normalized spacial score (nSPS) is 12.8. The van der Waals surface area contributed by atoms with Gasteiger partial charge in [-0.1, -0.05) is 0 Å². The van der Waals surface area contributed by atoms with E-state index >= 15 is 0 Å². The molecule has 0 saturated heterocycles. The van der Waals surface area contributed by atoms with Gasteiger partial charge in [-0.15, -0.1) is 0 Å². The SMILES string of the molecule is CC(O)COCCCCC(=O)O. The number of carboxylic acids is 1. The number of aliphatic hydroxyl groups is 1. The van der Waals surface area contributed by atoms with Crippen LogP contribution in [0.3, 0.4) is 0 Å². The molecule has 0 rings (SSSR count). The molecule has 0 spiro atoms. The van der Waals surface area contributed by atoms with Crippen molar-refractivity contribution in [1.29, 1.82) is 0 Å². The van der Waals surface area contributed by atoms with E-state index in [0.717, 1.165) is 6.42 Å². The molecule has 1 unspecified atom stereocenters. The summed E-state index contributed by atoms with van der Waals surface area (Å²) >= 11 is 0. The monoisotopic (exact) mass is 176 g/mol. The highest BCUT2D eigenvalue weighted by Gasteiger charge is 1.97. The van der Waals surface area contributed by atoms with Gasteiger partial charge in [0, 0.05) is 13.0 Å². The van der Waals surface area contributed by atoms with Gasteiger partial charge >= 0.3 is 5.97 Å². The summed E-state index contributed by atoms with van der Waals surface area (Å²) < 4.78 is 5.03. The minimum absolute atomic E-state index is 0.192. The largest absolute Gasteiger partial charge is 0.481 e. The first-order chi connectivity index (χ1) is 5.63. The standard InChI is InChI=1S/C8H16O4/c1-7(9)6-12-5-3-2-4-8(10)11/h7,9H,2-6H2,1H3,(H,10,11). The van der Waals surface area contributed by atoms with E-state index in [1.54, 1.807) is 6.92 Å². The van der Waals surface area contributed by atoms with Crippen LogP contribution in [0.15, 0.2) is 0 Å². The minimum Gasteiger partial charge on any atom is -0.481 e. The highest BCUT2D eigenvalue weighted by atomic mass is 16.5. The van der Waals surface area contributed by atoms with E-state index in [2.05, 4.69) is 0 Å². The van der Waals surface area contributed by atoms with E-state index in [-0.39, 0.29) is 6.42 Å². The van der Waals surface area contributed by atoms with E-state index in [0.29, 0.717) is 19.6 Å². The van der Waals surface area contributed by atoms with Gasteiger partial charge in [-0.2, -0.15) is 0 Å². The molecule has 0 saturated carbocycles. The Labute approximate surface area is 72.2 Å². The zero-order valence-corrected chi connectivity index (χ0v) is 7.32. The maximum atomic E-state index is 10.1. The van der Waals surface area contributed by atoms with Gasteiger partial charge in [-0.3, -0.25) is 4.79 Å². The Bertz CT molecular complexity index is 122. The summed E-state index contributed by atoms with van der Waals surface area (Å²) in [6, 6.07) is 0. The van der Waals surface area contributed by atoms with Crippen LogP contribution in [0.2, 0.25) is 0 Å². The summed E-state index contributed by atoms with van der Waals surface area (Å²) in [5.41, 5.74) is 0. The Morgan fingerprint density at radius 1 is 1.50 bits per heavy atom. The first-order valence-corrected chi connectivity index (χ1v) is 4.10. The summed E-state index contributed by atoms with van der Waals surface area (Å²) in [5.74, 6) is -0.773. The smallest absolute Gasteiger partial charge is 0.303 e. The van der Waals surface area contributed by atoms with Gasteiger partial charge in [0.05, 0.1) is 12.7 Å². The van der Waals surface area contributed by atoms with Crippen LogP contribution in [0.5, 0.6) is 0 Å². The predicted molar refractivity (Wildman–Crippen MR) is 44.0 cm³/mol. The van der Waals surface area contributed by atoms with Gasteiger partial charge in [0.25, 0.3) is 0 Å². The Balaban J connectivity index is 2.96. The van der Waals surface area contributed by atoms with E-state index < -0.39 is 12.1 Å². The van der Waals surface area contributed by atoms with E-state index in [4.69, 9.17) is 14.9 Å². The lowest BCUT2D eigenvalue weighted by Crippen LogP contribution is -2.11. The van der Waals surface area contributed by atoms with Crippen LogP contribution in [-0.4, -0.2) is 35.5 Å². The molecule has 72 valence electrons. The maximum absolute atomic E-state index is 10.1. The molecule has 0 aliphatic rings. The number of hydrogen-bond acceptors (Lipinski definition) is 3. The zero-order chi connectivity index (χ0) is 9.40. The van der Waals surface area contributed by atoms with Crippen LogP contribution >= 0.6 is 0 Å². The fraction of sp³-hybridized carbons (Fsp3) is 0.875. The first kappa shape index (κ1) is 11.4. The molecule has 0 aliphatic heterocycles. The Kier molecular flexibility index (Phi) is 6.70. The van der Waals surface area contributed by atoms with Crippen molar-refractivity contribution in [2.24, 2.45) is 0 Å². The molecule has 0 radical (unpaired) electrons. The molecule has 0 bridgehead atoms. The number of aliphatic carboxylic acids is 1. The molecule has 0 aromatic carbocycles. The fourth-order valence-electron chi connectivity index (χ4n) is 0.734. The number of aliphatic hydroxyl groups excluding tert-OH is 1. The number of unbranched alkanes of at least 4 members (excludes halogenated alkanes) is 1. The maximum Gasteiger partial charge on any atom is 0.303 e. The Morgan fingerprint density at radius 3 is 2.67 bits per heavy atom. The van der Waals surface area contributed by atoms with Crippen molar-refractivity contribution < 1.29 is 19.7 Å². The van der Waals surface area contributed by atoms with Crippen LogP contribution in [0.4, 0.5) is 0 Å². The van der Waals surface area contributed by atoms with Crippen LogP contribution in [0, 0.1) is 0 Å². The second kappa shape index (κ2) is 7.06. The van der Waals surface area contributed by atoms with Crippen LogP contribution in [0.25, 0.3) is 0 Å². The molecular formula is C8H16O4. The van der Waals surface area contributed by atoms with Crippen LogP contribution in [-0.2, 0) is 9.53 Å². The van der Waals surface area contributed by atoms with Gasteiger partial charge in [0.1, 0.15) is 0 Å². The van der Waals surface area contributed by atoms with Gasteiger partial charge in [-0.05, 0) is 19.8 Å². The quantitative estimate of drug-likeness (QED) is 0.558. The summed E-state index contributed by atoms with van der Waals surface area (Å²) in [5, 5.41) is 17.1. The van der Waals surface area contributed by atoms with E-state index in [9.17, 15) is 4.79 Å². The molecule has 1 atom stereocenters. The van der Waals surface area contributed by atoms with Crippen molar-refractivity contribution in [3.05, 3.63) is 0 Å². The third kappa shape index (κ3) is 9.39. The lowest BCUT2D eigenvalue weighted by molar-refractivity contribution is -0.137. The molecule has 0 aromatic rings. The Morgan fingerprint density at radius 2 is 2.17 bits per heavy atom. The average Bonchev–Trinajstić information content (AvgIpc) is 1.95. The van der Waals surface area contributed by atoms with Gasteiger partial charge in [0.2, 0.25) is 0 Å². The van der Waals surface area contributed by atoms with E-state index in [1.807, 2.05) is 0 Å². The zero-order valence-electron chi connectivity index (χ0n) is 7.32. The number of carboxylic acid groups (broad SMARTS) is 1. The molecule has 0 aromatic heterocycles. The summed E-state index contributed by atoms with van der Waals surface area (Å²) in [6.07, 6.45) is 1.12. The number of rotatable bonds is 7. The third-order valence-corrected chi connectivity index (χ3v) is 1.29. The first-order valence-electron chi connectivity index (χ1n) is 4.10. The molecule has 0 amide bonds. The minimum atomic E-state index is -0.773. The van der Waals surface area contributed by atoms with Crippen molar-refractivity contribution in [2.75, 3.05) is 13.2 Å². The molecule has 0 fully saturated rings. The van der Waals surface area contributed by atoms with Crippen molar-refractivity contribution in [3.8, 4) is 0 Å². The molecule has 12 heavy (non-hydrogen) atoms. The van der Waals surface area contributed by atoms with E-state index in [1.165, 1.54) is 0 Å². The second-order valence-corrected chi connectivity index (χ2v) is 2.77. The number of carbonyl (C=O) groups is 1. The van der Waals surface area contributed by atoms with Gasteiger partial charge in [0.15, 0.2) is 0 Å². The number of hydrogen-bond donors (Lipinski definition) is 2. The summed E-state index contributed by atoms with van der Waals surface area (Å²) in [4.78, 5) is 10.1.